The summed E-state index contributed by atoms with van der Waals surface area (Å²) in [6.07, 6.45) is 1.57. The Morgan fingerprint density at radius 3 is 2.29 bits per heavy atom. The molecule has 6 heteroatoms. The molecular weight excluding hydrogens is 362 g/mol. The lowest BCUT2D eigenvalue weighted by Crippen LogP contribution is -2.15. The monoisotopic (exact) mass is 376 g/mol. The van der Waals surface area contributed by atoms with Crippen LogP contribution in [0.5, 0.6) is 0 Å². The lowest BCUT2D eigenvalue weighted by atomic mass is 10.1. The minimum absolute atomic E-state index is 0.187. The van der Waals surface area contributed by atoms with Gasteiger partial charge in [-0.1, -0.05) is 48.5 Å². The van der Waals surface area contributed by atoms with Crippen molar-refractivity contribution in [3.05, 3.63) is 96.2 Å². The molecule has 0 unspecified atom stereocenters. The number of rotatable bonds is 4. The molecule has 0 saturated heterocycles. The summed E-state index contributed by atoms with van der Waals surface area (Å²) in [6.45, 7) is 0. The molecule has 0 aliphatic heterocycles. The van der Waals surface area contributed by atoms with Gasteiger partial charge >= 0.3 is 0 Å². The fourth-order valence-corrected chi connectivity index (χ4v) is 2.80. The lowest BCUT2D eigenvalue weighted by molar-refractivity contribution is 0.102. The summed E-state index contributed by atoms with van der Waals surface area (Å²) in [5, 5.41) is 2.29. The molecule has 0 aliphatic carbocycles. The van der Waals surface area contributed by atoms with Gasteiger partial charge in [0.25, 0.3) is 5.91 Å². The highest BCUT2D eigenvalue weighted by atomic mass is 19.1. The van der Waals surface area contributed by atoms with Crippen LogP contribution in [0.3, 0.4) is 0 Å². The third-order valence-corrected chi connectivity index (χ3v) is 4.17. The lowest BCUT2D eigenvalue weighted by Gasteiger charge is -2.09. The number of amides is 1. The Bertz CT molecular complexity index is 1120. The predicted octanol–water partition coefficient (Wildman–Crippen LogP) is 5.54. The number of halogens is 2. The van der Waals surface area contributed by atoms with Gasteiger partial charge in [0.1, 0.15) is 17.3 Å². The number of nitrogens with one attached hydrogen (secondary N) is 1. The highest BCUT2D eigenvalue weighted by molar-refractivity contribution is 6.08. The van der Waals surface area contributed by atoms with Gasteiger partial charge in [-0.15, -0.1) is 0 Å². The Labute approximate surface area is 159 Å². The van der Waals surface area contributed by atoms with Crippen molar-refractivity contribution in [1.29, 1.82) is 0 Å². The fraction of sp³-hybridized carbons (Fsp3) is 0. The van der Waals surface area contributed by atoms with E-state index in [9.17, 15) is 13.6 Å². The largest absolute Gasteiger partial charge is 0.436 e. The van der Waals surface area contributed by atoms with E-state index in [1.807, 2.05) is 30.3 Å². The number of oxazole rings is 1. The van der Waals surface area contributed by atoms with E-state index < -0.39 is 23.2 Å². The first-order chi connectivity index (χ1) is 13.6. The molecule has 1 heterocycles. The minimum Gasteiger partial charge on any atom is -0.436 e. The number of carbonyl (C=O) groups is 1. The molecule has 1 N–H and O–H groups in total. The van der Waals surface area contributed by atoms with E-state index in [1.165, 1.54) is 12.1 Å². The molecule has 1 aromatic heterocycles. The van der Waals surface area contributed by atoms with Gasteiger partial charge in [-0.25, -0.2) is 13.8 Å². The number of benzene rings is 3. The zero-order chi connectivity index (χ0) is 19.5. The summed E-state index contributed by atoms with van der Waals surface area (Å²) in [6, 6.07) is 19.4. The Morgan fingerprint density at radius 2 is 1.54 bits per heavy atom. The van der Waals surface area contributed by atoms with Crippen LogP contribution in [-0.2, 0) is 0 Å². The SMILES string of the molecule is O=C(Nc1c(F)cccc1F)c1ccccc1-c1ncc(-c2ccccc2)o1. The van der Waals surface area contributed by atoms with Gasteiger partial charge in [0.15, 0.2) is 5.76 Å². The fourth-order valence-electron chi connectivity index (χ4n) is 2.80. The smallest absolute Gasteiger partial charge is 0.256 e. The summed E-state index contributed by atoms with van der Waals surface area (Å²) in [5.41, 5.74) is 0.946. The number of anilines is 1. The molecule has 4 aromatic rings. The maximum atomic E-state index is 13.9. The zero-order valence-corrected chi connectivity index (χ0v) is 14.5. The molecule has 0 aliphatic rings. The Balaban J connectivity index is 1.68. The normalized spacial score (nSPS) is 10.6. The Hall–Kier alpha value is -3.80. The first kappa shape index (κ1) is 17.6. The molecule has 4 rings (SSSR count). The molecular formula is C22H14F2N2O2. The van der Waals surface area contributed by atoms with Crippen LogP contribution in [-0.4, -0.2) is 10.9 Å². The van der Waals surface area contributed by atoms with Crippen LogP contribution in [0.2, 0.25) is 0 Å². The molecule has 0 spiro atoms. The van der Waals surface area contributed by atoms with Gasteiger partial charge < -0.3 is 9.73 Å². The third-order valence-electron chi connectivity index (χ3n) is 4.17. The first-order valence-electron chi connectivity index (χ1n) is 8.49. The zero-order valence-electron chi connectivity index (χ0n) is 14.5. The number of carbonyl (C=O) groups excluding carboxylic acids is 1. The minimum atomic E-state index is -0.853. The van der Waals surface area contributed by atoms with E-state index in [2.05, 4.69) is 10.3 Å². The highest BCUT2D eigenvalue weighted by Crippen LogP contribution is 2.29. The molecule has 4 nitrogen and oxygen atoms in total. The van der Waals surface area contributed by atoms with Crippen LogP contribution < -0.4 is 5.32 Å². The quantitative estimate of drug-likeness (QED) is 0.509. The predicted molar refractivity (Wildman–Crippen MR) is 102 cm³/mol. The molecule has 0 bridgehead atoms. The van der Waals surface area contributed by atoms with E-state index in [0.29, 0.717) is 11.3 Å². The van der Waals surface area contributed by atoms with Crippen LogP contribution in [0, 0.1) is 11.6 Å². The summed E-state index contributed by atoms with van der Waals surface area (Å²) in [5.74, 6) is -1.59. The maximum Gasteiger partial charge on any atom is 0.256 e. The second-order valence-corrected chi connectivity index (χ2v) is 5.99. The van der Waals surface area contributed by atoms with E-state index >= 15 is 0 Å². The van der Waals surface area contributed by atoms with Gasteiger partial charge in [0, 0.05) is 11.1 Å². The second-order valence-electron chi connectivity index (χ2n) is 5.99. The van der Waals surface area contributed by atoms with Crippen LogP contribution in [0.25, 0.3) is 22.8 Å². The molecule has 0 saturated carbocycles. The van der Waals surface area contributed by atoms with Crippen LogP contribution in [0.15, 0.2) is 83.4 Å². The van der Waals surface area contributed by atoms with Crippen molar-refractivity contribution in [3.63, 3.8) is 0 Å². The first-order valence-corrected chi connectivity index (χ1v) is 8.49. The van der Waals surface area contributed by atoms with Crippen molar-refractivity contribution in [1.82, 2.24) is 4.98 Å². The van der Waals surface area contributed by atoms with Crippen molar-refractivity contribution >= 4 is 11.6 Å². The van der Waals surface area contributed by atoms with Crippen molar-refractivity contribution in [2.45, 2.75) is 0 Å². The molecule has 1 amide bonds. The number of hydrogen-bond acceptors (Lipinski definition) is 3. The van der Waals surface area contributed by atoms with E-state index in [0.717, 1.165) is 17.7 Å². The maximum absolute atomic E-state index is 13.9. The third kappa shape index (κ3) is 3.40. The summed E-state index contributed by atoms with van der Waals surface area (Å²) in [4.78, 5) is 16.9. The summed E-state index contributed by atoms with van der Waals surface area (Å²) in [7, 11) is 0. The van der Waals surface area contributed by atoms with E-state index in [1.54, 1.807) is 24.4 Å². The summed E-state index contributed by atoms with van der Waals surface area (Å²) < 4.78 is 33.5. The topological polar surface area (TPSA) is 55.1 Å². The number of nitrogens with zero attached hydrogens (tertiary/aromatic N) is 1. The molecule has 3 aromatic carbocycles. The van der Waals surface area contributed by atoms with Crippen molar-refractivity contribution in [3.8, 4) is 22.8 Å². The molecule has 28 heavy (non-hydrogen) atoms. The second kappa shape index (κ2) is 7.44. The van der Waals surface area contributed by atoms with Gasteiger partial charge in [-0.2, -0.15) is 0 Å². The van der Waals surface area contributed by atoms with Crippen LogP contribution in [0.4, 0.5) is 14.5 Å². The van der Waals surface area contributed by atoms with Crippen molar-refractivity contribution in [2.75, 3.05) is 5.32 Å². The molecule has 0 fully saturated rings. The average molecular weight is 376 g/mol. The Kier molecular flexibility index (Phi) is 4.68. The van der Waals surface area contributed by atoms with Gasteiger partial charge in [0.05, 0.1) is 11.8 Å². The van der Waals surface area contributed by atoms with Crippen molar-refractivity contribution < 1.29 is 18.0 Å². The van der Waals surface area contributed by atoms with Crippen LogP contribution in [0.1, 0.15) is 10.4 Å². The number of para-hydroxylation sites is 1. The average Bonchev–Trinajstić information content (AvgIpc) is 3.21. The van der Waals surface area contributed by atoms with Crippen molar-refractivity contribution in [2.24, 2.45) is 0 Å². The van der Waals surface area contributed by atoms with Gasteiger partial charge in [-0.3, -0.25) is 4.79 Å². The number of hydrogen-bond donors (Lipinski definition) is 1. The summed E-state index contributed by atoms with van der Waals surface area (Å²) >= 11 is 0. The van der Waals surface area contributed by atoms with E-state index in [4.69, 9.17) is 4.42 Å². The van der Waals surface area contributed by atoms with E-state index in [-0.39, 0.29) is 11.5 Å². The molecule has 0 radical (unpaired) electrons. The van der Waals surface area contributed by atoms with Gasteiger partial charge in [-0.05, 0) is 24.3 Å². The highest BCUT2D eigenvalue weighted by Gasteiger charge is 2.19. The van der Waals surface area contributed by atoms with Gasteiger partial charge in [0.2, 0.25) is 5.89 Å². The Morgan fingerprint density at radius 1 is 0.857 bits per heavy atom. The van der Waals surface area contributed by atoms with Crippen LogP contribution >= 0.6 is 0 Å². The standard InChI is InChI=1S/C22H14F2N2O2/c23-17-11-6-12-18(24)20(17)26-21(27)15-9-4-5-10-16(15)22-25-13-19(28-22)14-7-2-1-3-8-14/h1-13H,(H,26,27). The number of aromatic nitrogens is 1. The molecule has 138 valence electrons. The molecule has 0 atom stereocenters.